The molecule has 0 bridgehead atoms. The van der Waals surface area contributed by atoms with Gasteiger partial charge in [0.15, 0.2) is 5.65 Å². The molecule has 0 atom stereocenters. The lowest BCUT2D eigenvalue weighted by Crippen LogP contribution is -2.26. The van der Waals surface area contributed by atoms with Crippen LogP contribution in [0.15, 0.2) is 104 Å². The number of amides is 1. The summed E-state index contributed by atoms with van der Waals surface area (Å²) in [6, 6.07) is 30.4. The fraction of sp³-hybridized carbons (Fsp3) is 0.0938. The molecule has 7 aromatic rings. The van der Waals surface area contributed by atoms with Gasteiger partial charge in [0, 0.05) is 29.3 Å². The number of fused-ring (bicyclic) bond motifs is 4. The van der Waals surface area contributed by atoms with Crippen molar-refractivity contribution in [3.8, 4) is 22.4 Å². The van der Waals surface area contributed by atoms with Crippen molar-refractivity contribution in [2.24, 2.45) is 0 Å². The molecule has 0 aliphatic rings. The number of hydrogen-bond donors (Lipinski definition) is 1. The maximum absolute atomic E-state index is 12.7. The van der Waals surface area contributed by atoms with E-state index in [0.717, 1.165) is 61.4 Å². The zero-order valence-corrected chi connectivity index (χ0v) is 21.8. The van der Waals surface area contributed by atoms with Crippen molar-refractivity contribution in [2.75, 3.05) is 0 Å². The molecule has 0 aliphatic carbocycles. The van der Waals surface area contributed by atoms with Gasteiger partial charge >= 0.3 is 0 Å². The molecule has 0 saturated carbocycles. The summed E-state index contributed by atoms with van der Waals surface area (Å²) >= 11 is 0. The van der Waals surface area contributed by atoms with Gasteiger partial charge < -0.3 is 9.88 Å². The average Bonchev–Trinajstić information content (AvgIpc) is 3.59. The summed E-state index contributed by atoms with van der Waals surface area (Å²) in [5.74, 6) is 0.771. The van der Waals surface area contributed by atoms with Crippen molar-refractivity contribution in [2.45, 2.75) is 20.0 Å². The highest BCUT2D eigenvalue weighted by atomic mass is 16.1. The predicted molar refractivity (Wildman–Crippen MR) is 155 cm³/mol. The van der Waals surface area contributed by atoms with Crippen molar-refractivity contribution in [3.63, 3.8) is 0 Å². The van der Waals surface area contributed by atoms with Crippen molar-refractivity contribution >= 4 is 33.5 Å². The molecular formula is C32H25N7O. The number of carbonyl (C=O) groups excluding carboxylic acids is 1. The molecule has 4 heterocycles. The normalized spacial score (nSPS) is 11.4. The van der Waals surface area contributed by atoms with E-state index in [1.54, 1.807) is 6.33 Å². The van der Waals surface area contributed by atoms with Crippen LogP contribution in [0.4, 0.5) is 0 Å². The number of rotatable bonds is 6. The molecule has 8 nitrogen and oxygen atoms in total. The first-order valence-electron chi connectivity index (χ1n) is 13.1. The van der Waals surface area contributed by atoms with Crippen LogP contribution in [0.5, 0.6) is 0 Å². The van der Waals surface area contributed by atoms with Gasteiger partial charge in [0.2, 0.25) is 5.91 Å². The molecular weight excluding hydrogens is 498 g/mol. The number of benzene rings is 3. The SMILES string of the molecule is Cc1nnc2c3cc(-c4ccccc4)c(-c4ccc(CNC(=O)Cn5cnc6ccccc65)cc4)nc3ccn12. The Kier molecular flexibility index (Phi) is 5.78. The van der Waals surface area contributed by atoms with Crippen LogP contribution in [-0.4, -0.2) is 35.0 Å². The van der Waals surface area contributed by atoms with Gasteiger partial charge in [-0.2, -0.15) is 0 Å². The van der Waals surface area contributed by atoms with Gasteiger partial charge in [-0.3, -0.25) is 9.20 Å². The fourth-order valence-corrected chi connectivity index (χ4v) is 5.10. The van der Waals surface area contributed by atoms with E-state index < -0.39 is 0 Å². The number of imidazole rings is 1. The average molecular weight is 524 g/mol. The minimum Gasteiger partial charge on any atom is -0.350 e. The van der Waals surface area contributed by atoms with Gasteiger partial charge in [0.25, 0.3) is 0 Å². The number of carbonyl (C=O) groups is 1. The van der Waals surface area contributed by atoms with Crippen LogP contribution in [0.25, 0.3) is 50.0 Å². The lowest BCUT2D eigenvalue weighted by Gasteiger charge is -2.13. The summed E-state index contributed by atoms with van der Waals surface area (Å²) in [6.07, 6.45) is 3.67. The monoisotopic (exact) mass is 523 g/mol. The summed E-state index contributed by atoms with van der Waals surface area (Å²) in [6.45, 7) is 2.60. The Labute approximate surface area is 230 Å². The van der Waals surface area contributed by atoms with Crippen molar-refractivity contribution in [1.29, 1.82) is 0 Å². The molecule has 0 saturated heterocycles. The van der Waals surface area contributed by atoms with Gasteiger partial charge in [-0.05, 0) is 42.3 Å². The standard InChI is InChI=1S/C32H25N7O/c1-21-36-37-32-26-17-25(23-7-3-2-4-8-23)31(35-27(26)15-16-39(21)32)24-13-11-22(12-14-24)18-33-30(40)19-38-20-34-28-9-5-6-10-29(28)38/h2-17,20H,18-19H2,1H3,(H,33,40). The van der Waals surface area contributed by atoms with Crippen LogP contribution in [0.1, 0.15) is 11.4 Å². The van der Waals surface area contributed by atoms with E-state index in [1.807, 2.05) is 82.8 Å². The number of para-hydroxylation sites is 2. The minimum absolute atomic E-state index is 0.0650. The fourth-order valence-electron chi connectivity index (χ4n) is 5.10. The largest absolute Gasteiger partial charge is 0.350 e. The maximum atomic E-state index is 12.7. The molecule has 194 valence electrons. The molecule has 0 aliphatic heterocycles. The number of pyridine rings is 2. The highest BCUT2D eigenvalue weighted by Gasteiger charge is 2.15. The molecule has 40 heavy (non-hydrogen) atoms. The zero-order chi connectivity index (χ0) is 27.1. The van der Waals surface area contributed by atoms with E-state index in [1.165, 1.54) is 0 Å². The topological polar surface area (TPSA) is 90.0 Å². The smallest absolute Gasteiger partial charge is 0.240 e. The quantitative estimate of drug-likeness (QED) is 0.307. The molecule has 7 rings (SSSR count). The highest BCUT2D eigenvalue weighted by molar-refractivity contribution is 5.98. The van der Waals surface area contributed by atoms with Gasteiger partial charge in [-0.1, -0.05) is 66.7 Å². The number of aromatic nitrogens is 6. The summed E-state index contributed by atoms with van der Waals surface area (Å²) in [4.78, 5) is 22.1. The van der Waals surface area contributed by atoms with E-state index in [9.17, 15) is 4.79 Å². The number of hydrogen-bond acceptors (Lipinski definition) is 5. The molecule has 1 amide bonds. The third-order valence-electron chi connectivity index (χ3n) is 7.18. The van der Waals surface area contributed by atoms with Crippen LogP contribution in [0, 0.1) is 6.92 Å². The number of nitrogens with zero attached hydrogens (tertiary/aromatic N) is 6. The first-order valence-corrected chi connectivity index (χ1v) is 13.1. The predicted octanol–water partition coefficient (Wildman–Crippen LogP) is 5.59. The molecule has 0 fully saturated rings. The van der Waals surface area contributed by atoms with Gasteiger partial charge in [-0.15, -0.1) is 10.2 Å². The Morgan fingerprint density at radius 1 is 0.850 bits per heavy atom. The molecule has 0 spiro atoms. The Morgan fingerprint density at radius 2 is 1.65 bits per heavy atom. The molecule has 3 aromatic carbocycles. The first kappa shape index (κ1) is 23.7. The maximum Gasteiger partial charge on any atom is 0.240 e. The van der Waals surface area contributed by atoms with Crippen LogP contribution >= 0.6 is 0 Å². The summed E-state index contributed by atoms with van der Waals surface area (Å²) < 4.78 is 3.84. The third kappa shape index (κ3) is 4.25. The van der Waals surface area contributed by atoms with Crippen molar-refractivity contribution < 1.29 is 4.79 Å². The van der Waals surface area contributed by atoms with Crippen LogP contribution in [0.2, 0.25) is 0 Å². The van der Waals surface area contributed by atoms with Gasteiger partial charge in [0.05, 0.1) is 28.6 Å². The Balaban J connectivity index is 1.17. The first-order chi connectivity index (χ1) is 19.6. The molecule has 1 N–H and O–H groups in total. The summed E-state index contributed by atoms with van der Waals surface area (Å²) in [5, 5.41) is 12.6. The molecule has 8 heteroatoms. The van der Waals surface area contributed by atoms with Crippen LogP contribution in [-0.2, 0) is 17.9 Å². The van der Waals surface area contributed by atoms with E-state index >= 15 is 0 Å². The van der Waals surface area contributed by atoms with E-state index in [-0.39, 0.29) is 12.5 Å². The number of nitrogens with one attached hydrogen (secondary N) is 1. The molecule has 4 aromatic heterocycles. The van der Waals surface area contributed by atoms with E-state index in [2.05, 4.69) is 50.8 Å². The van der Waals surface area contributed by atoms with Crippen LogP contribution in [0.3, 0.4) is 0 Å². The van der Waals surface area contributed by atoms with Crippen molar-refractivity contribution in [3.05, 3.63) is 115 Å². The summed E-state index contributed by atoms with van der Waals surface area (Å²) in [7, 11) is 0. The Hall–Kier alpha value is -5.37. The molecule has 0 radical (unpaired) electrons. The Bertz CT molecular complexity index is 2010. The lowest BCUT2D eigenvalue weighted by atomic mass is 9.97. The Morgan fingerprint density at radius 3 is 2.50 bits per heavy atom. The van der Waals surface area contributed by atoms with Gasteiger partial charge in [-0.25, -0.2) is 9.97 Å². The minimum atomic E-state index is -0.0650. The van der Waals surface area contributed by atoms with E-state index in [0.29, 0.717) is 6.54 Å². The second kappa shape index (κ2) is 9.74. The lowest BCUT2D eigenvalue weighted by molar-refractivity contribution is -0.121. The second-order valence-corrected chi connectivity index (χ2v) is 9.77. The van der Waals surface area contributed by atoms with Crippen molar-refractivity contribution in [1.82, 2.24) is 34.4 Å². The zero-order valence-electron chi connectivity index (χ0n) is 21.8. The summed E-state index contributed by atoms with van der Waals surface area (Å²) in [5.41, 5.74) is 8.47. The van der Waals surface area contributed by atoms with E-state index in [4.69, 9.17) is 4.98 Å². The third-order valence-corrected chi connectivity index (χ3v) is 7.18. The van der Waals surface area contributed by atoms with Gasteiger partial charge in [0.1, 0.15) is 12.4 Å². The molecule has 0 unspecified atom stereocenters. The van der Waals surface area contributed by atoms with Crippen LogP contribution < -0.4 is 5.32 Å². The number of aryl methyl sites for hydroxylation is 1. The second-order valence-electron chi connectivity index (χ2n) is 9.77. The highest BCUT2D eigenvalue weighted by Crippen LogP contribution is 2.34.